The van der Waals surface area contributed by atoms with E-state index in [1.165, 1.54) is 23.5 Å². The van der Waals surface area contributed by atoms with Crippen molar-refractivity contribution in [3.63, 3.8) is 0 Å². The molecule has 4 rings (SSSR count). The van der Waals surface area contributed by atoms with E-state index in [0.29, 0.717) is 27.9 Å². The number of carbonyl (C=O) groups is 1. The van der Waals surface area contributed by atoms with Crippen LogP contribution in [0.15, 0.2) is 54.0 Å². The van der Waals surface area contributed by atoms with Crippen LogP contribution in [0.1, 0.15) is 11.3 Å². The van der Waals surface area contributed by atoms with E-state index < -0.39 is 11.7 Å². The van der Waals surface area contributed by atoms with Crippen molar-refractivity contribution in [3.8, 4) is 10.6 Å². The number of pyridine rings is 1. The highest BCUT2D eigenvalue weighted by molar-refractivity contribution is 7.13. The standard InChI is InChI=1S/C18H12F3N5OS/c19-18(20,21)12-6-4-11(5-7-12)16-22-13(10-28-16)9-15(27)23-17-25-24-14-3-1-2-8-26(14)17/h1-8,10H,9H2,(H,23,25,27). The molecule has 0 bridgehead atoms. The number of rotatable bonds is 4. The molecule has 1 aromatic carbocycles. The van der Waals surface area contributed by atoms with Crippen LogP contribution in [0.4, 0.5) is 19.1 Å². The van der Waals surface area contributed by atoms with Gasteiger partial charge in [-0.15, -0.1) is 21.5 Å². The van der Waals surface area contributed by atoms with Gasteiger partial charge in [-0.2, -0.15) is 13.2 Å². The molecule has 28 heavy (non-hydrogen) atoms. The maximum Gasteiger partial charge on any atom is 0.416 e. The van der Waals surface area contributed by atoms with Crippen LogP contribution in [0.5, 0.6) is 0 Å². The van der Waals surface area contributed by atoms with Crippen LogP contribution in [-0.4, -0.2) is 25.5 Å². The topological polar surface area (TPSA) is 72.2 Å². The van der Waals surface area contributed by atoms with E-state index in [1.54, 1.807) is 28.1 Å². The lowest BCUT2D eigenvalue weighted by molar-refractivity contribution is -0.137. The van der Waals surface area contributed by atoms with Crippen molar-refractivity contribution in [2.45, 2.75) is 12.6 Å². The summed E-state index contributed by atoms with van der Waals surface area (Å²) in [5.74, 6) is -0.0128. The van der Waals surface area contributed by atoms with Crippen LogP contribution < -0.4 is 5.32 Å². The normalized spacial score (nSPS) is 11.7. The molecule has 0 radical (unpaired) electrons. The molecule has 0 fully saturated rings. The summed E-state index contributed by atoms with van der Waals surface area (Å²) in [6.07, 6.45) is -2.63. The van der Waals surface area contributed by atoms with E-state index in [2.05, 4.69) is 20.5 Å². The molecule has 3 heterocycles. The Labute approximate surface area is 160 Å². The molecule has 0 aliphatic carbocycles. The maximum absolute atomic E-state index is 12.7. The Morgan fingerprint density at radius 2 is 1.89 bits per heavy atom. The molecule has 0 spiro atoms. The van der Waals surface area contributed by atoms with E-state index >= 15 is 0 Å². The highest BCUT2D eigenvalue weighted by atomic mass is 32.1. The van der Waals surface area contributed by atoms with Crippen molar-refractivity contribution in [1.82, 2.24) is 19.6 Å². The summed E-state index contributed by atoms with van der Waals surface area (Å²) < 4.78 is 39.6. The Kier molecular flexibility index (Phi) is 4.55. The number of amides is 1. The molecule has 0 aliphatic heterocycles. The molecule has 3 aromatic heterocycles. The predicted octanol–water partition coefficient (Wildman–Crippen LogP) is 4.05. The first-order valence-corrected chi connectivity index (χ1v) is 9.00. The third-order valence-corrected chi connectivity index (χ3v) is 4.86. The van der Waals surface area contributed by atoms with Gasteiger partial charge in [0.25, 0.3) is 0 Å². The van der Waals surface area contributed by atoms with Crippen molar-refractivity contribution in [1.29, 1.82) is 0 Å². The number of thiazole rings is 1. The Bertz CT molecular complexity index is 1130. The third-order valence-electron chi connectivity index (χ3n) is 3.92. The number of alkyl halides is 3. The van der Waals surface area contributed by atoms with Gasteiger partial charge in [0.05, 0.1) is 17.7 Å². The average Bonchev–Trinajstić information content (AvgIpc) is 3.29. The van der Waals surface area contributed by atoms with Gasteiger partial charge in [0.1, 0.15) is 5.01 Å². The highest BCUT2D eigenvalue weighted by Gasteiger charge is 2.30. The van der Waals surface area contributed by atoms with Crippen molar-refractivity contribution in [3.05, 3.63) is 65.3 Å². The zero-order chi connectivity index (χ0) is 19.7. The van der Waals surface area contributed by atoms with Gasteiger partial charge in [-0.05, 0) is 24.3 Å². The van der Waals surface area contributed by atoms with Gasteiger partial charge in [0, 0.05) is 17.1 Å². The summed E-state index contributed by atoms with van der Waals surface area (Å²) in [6, 6.07) is 10.1. The van der Waals surface area contributed by atoms with Crippen molar-refractivity contribution < 1.29 is 18.0 Å². The number of halogens is 3. The average molecular weight is 403 g/mol. The van der Waals surface area contributed by atoms with Crippen LogP contribution in [0, 0.1) is 0 Å². The van der Waals surface area contributed by atoms with Gasteiger partial charge < -0.3 is 0 Å². The Morgan fingerprint density at radius 3 is 2.64 bits per heavy atom. The molecule has 0 atom stereocenters. The van der Waals surface area contributed by atoms with Crippen LogP contribution >= 0.6 is 11.3 Å². The molecule has 1 N–H and O–H groups in total. The van der Waals surface area contributed by atoms with E-state index in [0.717, 1.165) is 12.1 Å². The lowest BCUT2D eigenvalue weighted by Crippen LogP contribution is -2.16. The second kappa shape index (κ2) is 7.04. The first-order valence-electron chi connectivity index (χ1n) is 8.12. The summed E-state index contributed by atoms with van der Waals surface area (Å²) in [6.45, 7) is 0. The summed E-state index contributed by atoms with van der Waals surface area (Å²) in [4.78, 5) is 16.6. The first-order chi connectivity index (χ1) is 13.4. The van der Waals surface area contributed by atoms with Gasteiger partial charge in [0.2, 0.25) is 11.9 Å². The van der Waals surface area contributed by atoms with Crippen molar-refractivity contribution in [2.75, 3.05) is 5.32 Å². The summed E-state index contributed by atoms with van der Waals surface area (Å²) in [5.41, 5.74) is 0.975. The summed E-state index contributed by atoms with van der Waals surface area (Å²) in [5, 5.41) is 12.8. The molecule has 1 amide bonds. The highest BCUT2D eigenvalue weighted by Crippen LogP contribution is 2.31. The van der Waals surface area contributed by atoms with Gasteiger partial charge >= 0.3 is 6.18 Å². The molecule has 0 saturated heterocycles. The van der Waals surface area contributed by atoms with Gasteiger partial charge in [0.15, 0.2) is 5.65 Å². The molecule has 4 aromatic rings. The number of hydrogen-bond donors (Lipinski definition) is 1. The smallest absolute Gasteiger partial charge is 0.294 e. The number of nitrogens with zero attached hydrogens (tertiary/aromatic N) is 4. The van der Waals surface area contributed by atoms with E-state index in [9.17, 15) is 18.0 Å². The van der Waals surface area contributed by atoms with Crippen molar-refractivity contribution in [2.24, 2.45) is 0 Å². The number of fused-ring (bicyclic) bond motifs is 1. The fourth-order valence-corrected chi connectivity index (χ4v) is 3.41. The molecule has 0 saturated carbocycles. The quantitative estimate of drug-likeness (QED) is 0.558. The molecular weight excluding hydrogens is 391 g/mol. The minimum atomic E-state index is -4.38. The number of nitrogens with one attached hydrogen (secondary N) is 1. The molecule has 6 nitrogen and oxygen atoms in total. The number of hydrogen-bond acceptors (Lipinski definition) is 5. The van der Waals surface area contributed by atoms with Crippen LogP contribution in [0.3, 0.4) is 0 Å². The molecule has 10 heteroatoms. The second-order valence-corrected chi connectivity index (χ2v) is 6.75. The van der Waals surface area contributed by atoms with Gasteiger partial charge in [-0.25, -0.2) is 4.98 Å². The lowest BCUT2D eigenvalue weighted by Gasteiger charge is -2.06. The Hall–Kier alpha value is -3.27. The number of aromatic nitrogens is 4. The Balaban J connectivity index is 1.45. The zero-order valence-corrected chi connectivity index (χ0v) is 15.0. The Morgan fingerprint density at radius 1 is 1.11 bits per heavy atom. The third kappa shape index (κ3) is 3.72. The largest absolute Gasteiger partial charge is 0.416 e. The number of benzene rings is 1. The molecule has 0 unspecified atom stereocenters. The van der Waals surface area contributed by atoms with E-state index in [1.807, 2.05) is 6.07 Å². The summed E-state index contributed by atoms with van der Waals surface area (Å²) in [7, 11) is 0. The first kappa shape index (κ1) is 18.1. The SMILES string of the molecule is O=C(Cc1csc(-c2ccc(C(F)(F)F)cc2)n1)Nc1nnc2ccccn12. The number of carbonyl (C=O) groups excluding carboxylic acids is 1. The van der Waals surface area contributed by atoms with Crippen molar-refractivity contribution >= 4 is 28.8 Å². The zero-order valence-electron chi connectivity index (χ0n) is 14.1. The van der Waals surface area contributed by atoms with Gasteiger partial charge in [-0.1, -0.05) is 18.2 Å². The molecular formula is C18H12F3N5OS. The minimum absolute atomic E-state index is 0.0128. The van der Waals surface area contributed by atoms with Crippen LogP contribution in [0.25, 0.3) is 16.2 Å². The van der Waals surface area contributed by atoms with E-state index in [4.69, 9.17) is 0 Å². The van der Waals surface area contributed by atoms with E-state index in [-0.39, 0.29) is 12.3 Å². The monoisotopic (exact) mass is 403 g/mol. The minimum Gasteiger partial charge on any atom is -0.294 e. The maximum atomic E-state index is 12.7. The van der Waals surface area contributed by atoms with Crippen LogP contribution in [0.2, 0.25) is 0 Å². The van der Waals surface area contributed by atoms with Crippen LogP contribution in [-0.2, 0) is 17.4 Å². The summed E-state index contributed by atoms with van der Waals surface area (Å²) >= 11 is 1.26. The fourth-order valence-electron chi connectivity index (χ4n) is 2.58. The predicted molar refractivity (Wildman–Crippen MR) is 97.9 cm³/mol. The second-order valence-electron chi connectivity index (χ2n) is 5.90. The lowest BCUT2D eigenvalue weighted by atomic mass is 10.1. The fraction of sp³-hybridized carbons (Fsp3) is 0.111. The number of anilines is 1. The molecule has 142 valence electrons. The molecule has 0 aliphatic rings. The van der Waals surface area contributed by atoms with Gasteiger partial charge in [-0.3, -0.25) is 14.5 Å².